The van der Waals surface area contributed by atoms with Crippen LogP contribution in [0.4, 0.5) is 0 Å². The minimum absolute atomic E-state index is 0.255. The number of nitrogens with one attached hydrogen (secondary N) is 1. The smallest absolute Gasteiger partial charge is 0.289 e. The van der Waals surface area contributed by atoms with Crippen LogP contribution in [-0.4, -0.2) is 21.4 Å². The zero-order valence-electron chi connectivity index (χ0n) is 12.7. The Hall–Kier alpha value is -1.43. The minimum Gasteiger partial charge on any atom is -0.436 e. The molecule has 116 valence electrons. The zero-order valence-corrected chi connectivity index (χ0v) is 13.5. The highest BCUT2D eigenvalue weighted by atomic mass is 32.1. The quantitative estimate of drug-likeness (QED) is 0.839. The molecule has 0 bridgehead atoms. The third kappa shape index (κ3) is 3.61. The van der Waals surface area contributed by atoms with Gasteiger partial charge >= 0.3 is 0 Å². The molecule has 0 aromatic carbocycles. The molecule has 0 unspecified atom stereocenters. The molecule has 1 saturated carbocycles. The van der Waals surface area contributed by atoms with Gasteiger partial charge < -0.3 is 15.5 Å². The van der Waals surface area contributed by atoms with Crippen LogP contribution in [0.25, 0.3) is 0 Å². The Morgan fingerprint density at radius 1 is 1.24 bits per heavy atom. The lowest BCUT2D eigenvalue weighted by atomic mass is 9.83. The van der Waals surface area contributed by atoms with E-state index in [1.165, 1.54) is 6.42 Å². The molecule has 1 fully saturated rings. The summed E-state index contributed by atoms with van der Waals surface area (Å²) in [7, 11) is 0. The Bertz CT molecular complexity index is 531. The largest absolute Gasteiger partial charge is 0.436 e. The molecule has 2 rings (SSSR count). The molecular weight excluding hydrogens is 286 g/mol. The fraction of sp³-hybridized carbons (Fsp3) is 0.667. The molecule has 1 aliphatic rings. The van der Waals surface area contributed by atoms with Gasteiger partial charge in [-0.1, -0.05) is 44.3 Å². The van der Waals surface area contributed by atoms with E-state index in [1.54, 1.807) is 13.8 Å². The van der Waals surface area contributed by atoms with E-state index in [1.807, 2.05) is 0 Å². The van der Waals surface area contributed by atoms with Gasteiger partial charge in [-0.3, -0.25) is 4.79 Å². The van der Waals surface area contributed by atoms with E-state index in [0.717, 1.165) is 38.5 Å². The van der Waals surface area contributed by atoms with E-state index in [2.05, 4.69) is 10.3 Å². The molecular formula is C15H23N3O2S. The van der Waals surface area contributed by atoms with E-state index < -0.39 is 5.54 Å². The summed E-state index contributed by atoms with van der Waals surface area (Å²) in [5.41, 5.74) is 5.96. The Kier molecular flexibility index (Phi) is 4.98. The van der Waals surface area contributed by atoms with E-state index in [4.69, 9.17) is 22.4 Å². The van der Waals surface area contributed by atoms with Crippen LogP contribution in [0, 0.1) is 13.8 Å². The van der Waals surface area contributed by atoms with Gasteiger partial charge in [0.1, 0.15) is 0 Å². The first-order valence-electron chi connectivity index (χ1n) is 7.51. The SMILES string of the molecule is Cc1nc(C)c(C(=O)NC2(C(N)=S)CCCCCCC2)o1. The van der Waals surface area contributed by atoms with Gasteiger partial charge in [0.15, 0.2) is 5.89 Å². The molecule has 6 heteroatoms. The van der Waals surface area contributed by atoms with Gasteiger partial charge in [0.25, 0.3) is 5.91 Å². The predicted octanol–water partition coefficient (Wildman–Crippen LogP) is 2.79. The van der Waals surface area contributed by atoms with Gasteiger partial charge in [0.2, 0.25) is 5.76 Å². The lowest BCUT2D eigenvalue weighted by molar-refractivity contribution is 0.0882. The van der Waals surface area contributed by atoms with Gasteiger partial charge in [-0.15, -0.1) is 0 Å². The first-order chi connectivity index (χ1) is 9.94. The maximum absolute atomic E-state index is 12.5. The number of amides is 1. The number of aryl methyl sites for hydroxylation is 2. The zero-order chi connectivity index (χ0) is 15.5. The molecule has 1 amide bonds. The molecule has 3 N–H and O–H groups in total. The fourth-order valence-corrected chi connectivity index (χ4v) is 3.21. The average molecular weight is 309 g/mol. The summed E-state index contributed by atoms with van der Waals surface area (Å²) >= 11 is 5.26. The second kappa shape index (κ2) is 6.56. The second-order valence-corrected chi connectivity index (χ2v) is 6.26. The standard InChI is InChI=1S/C15H23N3O2S/c1-10-12(20-11(2)17-10)13(19)18-15(14(16)21)8-6-4-3-5-7-9-15/h3-9H2,1-2H3,(H2,16,21)(H,18,19). The highest BCUT2D eigenvalue weighted by Crippen LogP contribution is 2.27. The monoisotopic (exact) mass is 309 g/mol. The molecule has 0 saturated heterocycles. The lowest BCUT2D eigenvalue weighted by Gasteiger charge is -2.35. The van der Waals surface area contributed by atoms with E-state index in [0.29, 0.717) is 16.6 Å². The number of thiocarbonyl (C=S) groups is 1. The van der Waals surface area contributed by atoms with Crippen molar-refractivity contribution in [2.75, 3.05) is 0 Å². The van der Waals surface area contributed by atoms with E-state index in [-0.39, 0.29) is 11.7 Å². The maximum atomic E-state index is 12.5. The number of nitrogens with two attached hydrogens (primary N) is 1. The van der Waals surface area contributed by atoms with Crippen LogP contribution < -0.4 is 11.1 Å². The van der Waals surface area contributed by atoms with Crippen LogP contribution in [0.15, 0.2) is 4.42 Å². The van der Waals surface area contributed by atoms with E-state index in [9.17, 15) is 4.79 Å². The summed E-state index contributed by atoms with van der Waals surface area (Å²) in [4.78, 5) is 17.0. The normalized spacial score (nSPS) is 18.6. The summed E-state index contributed by atoms with van der Waals surface area (Å²) < 4.78 is 5.39. The molecule has 1 aliphatic carbocycles. The van der Waals surface area contributed by atoms with Crippen LogP contribution >= 0.6 is 12.2 Å². The van der Waals surface area contributed by atoms with Crippen molar-refractivity contribution in [3.05, 3.63) is 17.3 Å². The third-order valence-electron chi connectivity index (χ3n) is 4.14. The van der Waals surface area contributed by atoms with Gasteiger partial charge in [0, 0.05) is 6.92 Å². The molecule has 0 spiro atoms. The first-order valence-corrected chi connectivity index (χ1v) is 7.92. The number of hydrogen-bond donors (Lipinski definition) is 2. The van der Waals surface area contributed by atoms with E-state index >= 15 is 0 Å². The molecule has 0 radical (unpaired) electrons. The summed E-state index contributed by atoms with van der Waals surface area (Å²) in [5.74, 6) is 0.464. The van der Waals surface area contributed by atoms with Crippen molar-refractivity contribution < 1.29 is 9.21 Å². The van der Waals surface area contributed by atoms with Crippen LogP contribution in [0.5, 0.6) is 0 Å². The Morgan fingerprint density at radius 2 is 1.81 bits per heavy atom. The molecule has 5 nitrogen and oxygen atoms in total. The number of nitrogens with zero attached hydrogens (tertiary/aromatic N) is 1. The third-order valence-corrected chi connectivity index (χ3v) is 4.53. The van der Waals surface area contributed by atoms with Crippen LogP contribution in [0.2, 0.25) is 0 Å². The number of aromatic nitrogens is 1. The molecule has 1 aromatic rings. The summed E-state index contributed by atoms with van der Waals surface area (Å²) in [6.07, 6.45) is 7.17. The van der Waals surface area contributed by atoms with Crippen LogP contribution in [0.3, 0.4) is 0 Å². The second-order valence-electron chi connectivity index (χ2n) is 5.82. The average Bonchev–Trinajstić information content (AvgIpc) is 2.71. The van der Waals surface area contributed by atoms with Crippen molar-refractivity contribution in [2.24, 2.45) is 5.73 Å². The minimum atomic E-state index is -0.597. The van der Waals surface area contributed by atoms with Crippen molar-refractivity contribution in [3.63, 3.8) is 0 Å². The molecule has 0 atom stereocenters. The van der Waals surface area contributed by atoms with Crippen molar-refractivity contribution in [3.8, 4) is 0 Å². The number of hydrogen-bond acceptors (Lipinski definition) is 4. The summed E-state index contributed by atoms with van der Waals surface area (Å²) in [6.45, 7) is 3.49. The number of rotatable bonds is 3. The topological polar surface area (TPSA) is 81.2 Å². The van der Waals surface area contributed by atoms with Gasteiger partial charge in [-0.2, -0.15) is 0 Å². The molecule has 0 aliphatic heterocycles. The van der Waals surface area contributed by atoms with Crippen molar-refractivity contribution in [2.45, 2.75) is 64.3 Å². The Balaban J connectivity index is 2.20. The molecule has 1 aromatic heterocycles. The summed E-state index contributed by atoms with van der Waals surface area (Å²) in [6, 6.07) is 0. The van der Waals surface area contributed by atoms with Crippen molar-refractivity contribution >= 4 is 23.1 Å². The Morgan fingerprint density at radius 3 is 2.29 bits per heavy atom. The van der Waals surface area contributed by atoms with Gasteiger partial charge in [-0.05, 0) is 19.8 Å². The number of oxazole rings is 1. The van der Waals surface area contributed by atoms with Crippen molar-refractivity contribution in [1.82, 2.24) is 10.3 Å². The maximum Gasteiger partial charge on any atom is 0.289 e. The molecule has 1 heterocycles. The highest BCUT2D eigenvalue weighted by Gasteiger charge is 2.36. The molecule has 21 heavy (non-hydrogen) atoms. The first kappa shape index (κ1) is 15.9. The van der Waals surface area contributed by atoms with Crippen molar-refractivity contribution in [1.29, 1.82) is 0 Å². The Labute approximate surface area is 130 Å². The fourth-order valence-electron chi connectivity index (χ4n) is 2.96. The highest BCUT2D eigenvalue weighted by molar-refractivity contribution is 7.80. The lowest BCUT2D eigenvalue weighted by Crippen LogP contribution is -2.57. The summed E-state index contributed by atoms with van der Waals surface area (Å²) in [5, 5.41) is 3.03. The van der Waals surface area contributed by atoms with Gasteiger partial charge in [0.05, 0.1) is 16.2 Å². The van der Waals surface area contributed by atoms with Crippen LogP contribution in [-0.2, 0) is 0 Å². The van der Waals surface area contributed by atoms with Crippen LogP contribution in [0.1, 0.15) is 67.1 Å². The number of carbonyl (C=O) groups excluding carboxylic acids is 1. The predicted molar refractivity (Wildman–Crippen MR) is 85.3 cm³/mol. The number of carbonyl (C=O) groups is 1. The van der Waals surface area contributed by atoms with Gasteiger partial charge in [-0.25, -0.2) is 4.98 Å².